The van der Waals surface area contributed by atoms with Gasteiger partial charge >= 0.3 is 5.97 Å². The first kappa shape index (κ1) is 13.2. The van der Waals surface area contributed by atoms with Crippen molar-refractivity contribution in [3.8, 4) is 11.4 Å². The van der Waals surface area contributed by atoms with Crippen LogP contribution in [0.2, 0.25) is 0 Å². The predicted octanol–water partition coefficient (Wildman–Crippen LogP) is 3.43. The van der Waals surface area contributed by atoms with Crippen LogP contribution in [0.5, 0.6) is 5.75 Å². The Morgan fingerprint density at radius 3 is 2.43 bits per heavy atom. The van der Waals surface area contributed by atoms with Crippen molar-refractivity contribution in [2.45, 2.75) is 0 Å². The summed E-state index contributed by atoms with van der Waals surface area (Å²) < 4.78 is 12.0. The first-order chi connectivity index (χ1) is 10.2. The second-order valence-corrected chi connectivity index (χ2v) is 4.65. The number of carbonyl (C=O) groups excluding carboxylic acids is 1. The van der Waals surface area contributed by atoms with E-state index in [0.29, 0.717) is 5.56 Å². The molecular formula is C17H15NO3. The Kier molecular flexibility index (Phi) is 3.36. The van der Waals surface area contributed by atoms with Crippen molar-refractivity contribution in [1.29, 1.82) is 0 Å². The van der Waals surface area contributed by atoms with Gasteiger partial charge in [0.1, 0.15) is 5.75 Å². The van der Waals surface area contributed by atoms with Gasteiger partial charge in [-0.3, -0.25) is 0 Å². The van der Waals surface area contributed by atoms with Gasteiger partial charge in [0.05, 0.1) is 25.3 Å². The van der Waals surface area contributed by atoms with Gasteiger partial charge in [-0.25, -0.2) is 4.79 Å². The SMILES string of the molecule is COC(=O)c1ccc2c(ccn2-c2ccc(OC)cc2)c1. The number of benzene rings is 2. The minimum atomic E-state index is -0.325. The number of nitrogens with zero attached hydrogens (tertiary/aromatic N) is 1. The maximum absolute atomic E-state index is 11.6. The van der Waals surface area contributed by atoms with E-state index in [4.69, 9.17) is 9.47 Å². The number of esters is 1. The van der Waals surface area contributed by atoms with Crippen LogP contribution in [-0.4, -0.2) is 24.8 Å². The van der Waals surface area contributed by atoms with E-state index in [1.807, 2.05) is 48.7 Å². The molecule has 1 aromatic heterocycles. The molecule has 0 unspecified atom stereocenters. The zero-order valence-corrected chi connectivity index (χ0v) is 11.9. The summed E-state index contributed by atoms with van der Waals surface area (Å²) in [5.41, 5.74) is 2.63. The van der Waals surface area contributed by atoms with Crippen molar-refractivity contribution in [3.05, 3.63) is 60.3 Å². The van der Waals surface area contributed by atoms with Crippen molar-refractivity contribution in [2.75, 3.05) is 14.2 Å². The summed E-state index contributed by atoms with van der Waals surface area (Å²) in [6.45, 7) is 0. The van der Waals surface area contributed by atoms with Crippen molar-refractivity contribution < 1.29 is 14.3 Å². The van der Waals surface area contributed by atoms with Crippen LogP contribution in [0.15, 0.2) is 54.7 Å². The number of ether oxygens (including phenoxy) is 2. The molecule has 0 fully saturated rings. The quantitative estimate of drug-likeness (QED) is 0.691. The molecule has 3 aromatic rings. The van der Waals surface area contributed by atoms with Gasteiger partial charge in [-0.05, 0) is 48.5 Å². The topological polar surface area (TPSA) is 40.5 Å². The Bertz CT molecular complexity index is 787. The third-order valence-electron chi connectivity index (χ3n) is 3.46. The van der Waals surface area contributed by atoms with Crippen molar-refractivity contribution in [1.82, 2.24) is 4.57 Å². The van der Waals surface area contributed by atoms with Crippen LogP contribution in [0.25, 0.3) is 16.6 Å². The Hall–Kier alpha value is -2.75. The Morgan fingerprint density at radius 2 is 1.76 bits per heavy atom. The summed E-state index contributed by atoms with van der Waals surface area (Å²) in [5.74, 6) is 0.497. The highest BCUT2D eigenvalue weighted by Gasteiger charge is 2.09. The van der Waals surface area contributed by atoms with Gasteiger partial charge in [0.25, 0.3) is 0 Å². The molecule has 0 saturated heterocycles. The average Bonchev–Trinajstić information content (AvgIpc) is 2.97. The zero-order valence-electron chi connectivity index (χ0n) is 11.9. The summed E-state index contributed by atoms with van der Waals surface area (Å²) in [5, 5.41) is 0.994. The van der Waals surface area contributed by atoms with Crippen LogP contribution in [0.4, 0.5) is 0 Å². The number of methoxy groups -OCH3 is 2. The summed E-state index contributed by atoms with van der Waals surface area (Å²) in [4.78, 5) is 11.6. The molecule has 3 rings (SSSR count). The van der Waals surface area contributed by atoms with Crippen molar-refractivity contribution in [3.63, 3.8) is 0 Å². The first-order valence-electron chi connectivity index (χ1n) is 6.57. The van der Waals surface area contributed by atoms with Gasteiger partial charge in [-0.15, -0.1) is 0 Å². The molecule has 1 heterocycles. The van der Waals surface area contributed by atoms with E-state index in [2.05, 4.69) is 4.57 Å². The summed E-state index contributed by atoms with van der Waals surface area (Å²) in [7, 11) is 3.03. The molecule has 0 saturated carbocycles. The van der Waals surface area contributed by atoms with Crippen LogP contribution in [-0.2, 0) is 4.74 Å². The lowest BCUT2D eigenvalue weighted by Gasteiger charge is -2.07. The van der Waals surface area contributed by atoms with E-state index in [1.54, 1.807) is 13.2 Å². The van der Waals surface area contributed by atoms with Crippen molar-refractivity contribution in [2.24, 2.45) is 0 Å². The normalized spacial score (nSPS) is 10.6. The molecule has 0 atom stereocenters. The smallest absolute Gasteiger partial charge is 0.337 e. The van der Waals surface area contributed by atoms with Gasteiger partial charge in [0.2, 0.25) is 0 Å². The molecule has 0 aliphatic carbocycles. The lowest BCUT2D eigenvalue weighted by molar-refractivity contribution is 0.0601. The molecule has 4 heteroatoms. The second-order valence-electron chi connectivity index (χ2n) is 4.65. The maximum atomic E-state index is 11.6. The highest BCUT2D eigenvalue weighted by molar-refractivity contribution is 5.95. The van der Waals surface area contributed by atoms with Gasteiger partial charge in [-0.1, -0.05) is 0 Å². The molecular weight excluding hydrogens is 266 g/mol. The third-order valence-corrected chi connectivity index (χ3v) is 3.46. The standard InChI is InChI=1S/C17H15NO3/c1-20-15-6-4-14(5-7-15)18-10-9-12-11-13(17(19)21-2)3-8-16(12)18/h3-11H,1-2H3. The highest BCUT2D eigenvalue weighted by atomic mass is 16.5. The van der Waals surface area contributed by atoms with Crippen LogP contribution in [0, 0.1) is 0 Å². The van der Waals surface area contributed by atoms with Crippen LogP contribution < -0.4 is 4.74 Å². The largest absolute Gasteiger partial charge is 0.497 e. The van der Waals surface area contributed by atoms with E-state index in [0.717, 1.165) is 22.3 Å². The third kappa shape index (κ3) is 2.36. The molecule has 106 valence electrons. The monoisotopic (exact) mass is 281 g/mol. The molecule has 0 amide bonds. The van der Waals surface area contributed by atoms with Gasteiger partial charge in [0, 0.05) is 17.3 Å². The van der Waals surface area contributed by atoms with E-state index in [1.165, 1.54) is 7.11 Å². The van der Waals surface area contributed by atoms with Gasteiger partial charge in [-0.2, -0.15) is 0 Å². The summed E-state index contributed by atoms with van der Waals surface area (Å²) in [6.07, 6.45) is 1.98. The summed E-state index contributed by atoms with van der Waals surface area (Å²) >= 11 is 0. The number of hydrogen-bond donors (Lipinski definition) is 0. The lowest BCUT2D eigenvalue weighted by Crippen LogP contribution is -2.00. The molecule has 0 aliphatic heterocycles. The number of carbonyl (C=O) groups is 1. The van der Waals surface area contributed by atoms with Gasteiger partial charge in [0.15, 0.2) is 0 Å². The molecule has 0 spiro atoms. The number of rotatable bonds is 3. The fourth-order valence-electron chi connectivity index (χ4n) is 2.36. The minimum Gasteiger partial charge on any atom is -0.497 e. The van der Waals surface area contributed by atoms with Crippen LogP contribution in [0.1, 0.15) is 10.4 Å². The highest BCUT2D eigenvalue weighted by Crippen LogP contribution is 2.23. The minimum absolute atomic E-state index is 0.325. The molecule has 21 heavy (non-hydrogen) atoms. The van der Waals surface area contributed by atoms with E-state index in [-0.39, 0.29) is 5.97 Å². The second kappa shape index (κ2) is 5.32. The van der Waals surface area contributed by atoms with Crippen LogP contribution >= 0.6 is 0 Å². The van der Waals surface area contributed by atoms with Crippen LogP contribution in [0.3, 0.4) is 0 Å². The molecule has 0 N–H and O–H groups in total. The fraction of sp³-hybridized carbons (Fsp3) is 0.118. The number of hydrogen-bond acceptors (Lipinski definition) is 3. The average molecular weight is 281 g/mol. The van der Waals surface area contributed by atoms with E-state index < -0.39 is 0 Å². The number of aromatic nitrogens is 1. The predicted molar refractivity (Wildman–Crippen MR) is 81.2 cm³/mol. The Morgan fingerprint density at radius 1 is 1.00 bits per heavy atom. The number of fused-ring (bicyclic) bond motifs is 1. The zero-order chi connectivity index (χ0) is 14.8. The van der Waals surface area contributed by atoms with Gasteiger partial charge < -0.3 is 14.0 Å². The van der Waals surface area contributed by atoms with Crippen molar-refractivity contribution >= 4 is 16.9 Å². The maximum Gasteiger partial charge on any atom is 0.337 e. The van der Waals surface area contributed by atoms with E-state index in [9.17, 15) is 4.79 Å². The molecule has 4 nitrogen and oxygen atoms in total. The molecule has 0 aliphatic rings. The fourth-order valence-corrected chi connectivity index (χ4v) is 2.36. The summed E-state index contributed by atoms with van der Waals surface area (Å²) in [6, 6.07) is 15.3. The Labute approximate surface area is 122 Å². The molecule has 0 bridgehead atoms. The Balaban J connectivity index is 2.05. The molecule has 0 radical (unpaired) electrons. The molecule has 2 aromatic carbocycles. The first-order valence-corrected chi connectivity index (χ1v) is 6.57. The lowest BCUT2D eigenvalue weighted by atomic mass is 10.1. The van der Waals surface area contributed by atoms with E-state index >= 15 is 0 Å².